The fourth-order valence-electron chi connectivity index (χ4n) is 1.92. The second-order valence-corrected chi connectivity index (χ2v) is 6.66. The molecule has 0 saturated heterocycles. The van der Waals surface area contributed by atoms with Crippen molar-refractivity contribution in [2.45, 2.75) is 37.0 Å². The molecule has 0 atom stereocenters. The summed E-state index contributed by atoms with van der Waals surface area (Å²) < 4.78 is 50.1. The van der Waals surface area contributed by atoms with Crippen LogP contribution in [0.3, 0.4) is 0 Å². The molecule has 0 radical (unpaired) electrons. The van der Waals surface area contributed by atoms with E-state index in [1.54, 1.807) is 13.8 Å². The third kappa shape index (κ3) is 5.89. The molecular weight excluding hydrogens is 377 g/mol. The lowest BCUT2D eigenvalue weighted by atomic mass is 10.1. The Morgan fingerprint density at radius 3 is 2.64 bits per heavy atom. The maximum Gasteiger partial charge on any atom is 0.446 e. The largest absolute Gasteiger partial charge is 0.472 e. The molecule has 1 heterocycles. The third-order valence-corrected chi connectivity index (χ3v) is 3.89. The zero-order valence-electron chi connectivity index (χ0n) is 13.3. The summed E-state index contributed by atoms with van der Waals surface area (Å²) in [4.78, 5) is 12.1. The molecule has 136 valence electrons. The fraction of sp³-hybridized carbons (Fsp3) is 0.333. The summed E-state index contributed by atoms with van der Waals surface area (Å²) in [6, 6.07) is 5.55. The lowest BCUT2D eigenvalue weighted by Crippen LogP contribution is -2.15. The van der Waals surface area contributed by atoms with Crippen LogP contribution in [0.5, 0.6) is 5.88 Å². The molecule has 0 aliphatic carbocycles. The number of hydrogen-bond acceptors (Lipinski definition) is 6. The fourth-order valence-corrected chi connectivity index (χ4v) is 2.77. The molecule has 0 fully saturated rings. The Balaban J connectivity index is 2.34. The molecule has 0 bridgehead atoms. The molecule has 2 rings (SSSR count). The molecule has 0 amide bonds. The quantitative estimate of drug-likeness (QED) is 0.450. The van der Waals surface area contributed by atoms with Gasteiger partial charge in [-0.05, 0) is 50.6 Å². The highest BCUT2D eigenvalue weighted by molar-refractivity contribution is 8.00. The number of thiol groups is 1. The summed E-state index contributed by atoms with van der Waals surface area (Å²) in [6.45, 7) is 3.04. The predicted octanol–water partition coefficient (Wildman–Crippen LogP) is 4.33. The third-order valence-electron chi connectivity index (χ3n) is 2.84. The van der Waals surface area contributed by atoms with Gasteiger partial charge in [-0.3, -0.25) is 0 Å². The van der Waals surface area contributed by atoms with Gasteiger partial charge in [0, 0.05) is 22.7 Å². The zero-order valence-corrected chi connectivity index (χ0v) is 15.0. The SMILES string of the molecule is CC(C)OC(=O)c1cccc(SC(F)(F)F)c1COc1ccn(S)n1. The van der Waals surface area contributed by atoms with Crippen molar-refractivity contribution in [1.29, 1.82) is 0 Å². The average Bonchev–Trinajstić information content (AvgIpc) is 2.89. The lowest BCUT2D eigenvalue weighted by molar-refractivity contribution is -0.0328. The number of nitrogens with zero attached hydrogens (tertiary/aromatic N) is 2. The van der Waals surface area contributed by atoms with Crippen molar-refractivity contribution < 1.29 is 27.4 Å². The highest BCUT2D eigenvalue weighted by atomic mass is 32.2. The van der Waals surface area contributed by atoms with E-state index in [-0.39, 0.29) is 40.3 Å². The van der Waals surface area contributed by atoms with Crippen LogP contribution in [0.15, 0.2) is 35.4 Å². The Labute approximate surface area is 152 Å². The first kappa shape index (κ1) is 19.5. The smallest absolute Gasteiger partial charge is 0.446 e. The first-order valence-electron chi connectivity index (χ1n) is 7.12. The Kier molecular flexibility index (Phi) is 6.28. The molecule has 25 heavy (non-hydrogen) atoms. The van der Waals surface area contributed by atoms with Crippen molar-refractivity contribution >= 4 is 30.5 Å². The van der Waals surface area contributed by atoms with Crippen LogP contribution in [-0.2, 0) is 11.3 Å². The molecule has 0 N–H and O–H groups in total. The number of hydrogen-bond donors (Lipinski definition) is 1. The maximum absolute atomic E-state index is 12.8. The van der Waals surface area contributed by atoms with Crippen LogP contribution in [0.25, 0.3) is 0 Å². The number of alkyl halides is 3. The summed E-state index contributed by atoms with van der Waals surface area (Å²) in [5.74, 6) is -0.539. The Bertz CT molecular complexity index is 748. The van der Waals surface area contributed by atoms with Gasteiger partial charge in [0.1, 0.15) is 6.61 Å². The molecule has 0 saturated carbocycles. The highest BCUT2D eigenvalue weighted by Gasteiger charge is 2.32. The number of ether oxygens (including phenoxy) is 2. The van der Waals surface area contributed by atoms with Crippen LogP contribution in [0.4, 0.5) is 13.2 Å². The second-order valence-electron chi connectivity index (χ2n) is 5.15. The standard InChI is InChI=1S/C15H15F3N2O3S2/c1-9(2)23-14(21)10-4-3-5-12(25-15(16,17)18)11(10)8-22-13-6-7-20(24)19-13/h3-7,9,24H,8H2,1-2H3. The number of halogens is 3. The van der Waals surface area contributed by atoms with Gasteiger partial charge in [0.15, 0.2) is 0 Å². The van der Waals surface area contributed by atoms with Crippen molar-refractivity contribution in [2.75, 3.05) is 0 Å². The monoisotopic (exact) mass is 392 g/mol. The highest BCUT2D eigenvalue weighted by Crippen LogP contribution is 2.39. The predicted molar refractivity (Wildman–Crippen MR) is 89.8 cm³/mol. The van der Waals surface area contributed by atoms with Gasteiger partial charge < -0.3 is 9.47 Å². The van der Waals surface area contributed by atoms with Gasteiger partial charge in [-0.25, -0.2) is 8.88 Å². The summed E-state index contributed by atoms with van der Waals surface area (Å²) in [5, 5.41) is 3.87. The van der Waals surface area contributed by atoms with Gasteiger partial charge in [-0.15, -0.1) is 5.10 Å². The number of rotatable bonds is 6. The molecule has 0 aliphatic rings. The minimum atomic E-state index is -4.50. The van der Waals surface area contributed by atoms with Crippen molar-refractivity contribution in [1.82, 2.24) is 9.19 Å². The van der Waals surface area contributed by atoms with Gasteiger partial charge in [0.2, 0.25) is 5.88 Å². The van der Waals surface area contributed by atoms with Crippen molar-refractivity contribution in [2.24, 2.45) is 0 Å². The Morgan fingerprint density at radius 1 is 1.36 bits per heavy atom. The van der Waals surface area contributed by atoms with E-state index in [9.17, 15) is 18.0 Å². The van der Waals surface area contributed by atoms with E-state index < -0.39 is 17.6 Å². The van der Waals surface area contributed by atoms with E-state index in [0.29, 0.717) is 0 Å². The normalized spacial score (nSPS) is 11.6. The van der Waals surface area contributed by atoms with E-state index in [2.05, 4.69) is 17.9 Å². The number of benzene rings is 1. The van der Waals surface area contributed by atoms with E-state index in [1.807, 2.05) is 0 Å². The summed E-state index contributed by atoms with van der Waals surface area (Å²) >= 11 is 3.64. The molecule has 10 heteroatoms. The van der Waals surface area contributed by atoms with Gasteiger partial charge in [0.25, 0.3) is 0 Å². The van der Waals surface area contributed by atoms with Crippen LogP contribution in [0, 0.1) is 0 Å². The van der Waals surface area contributed by atoms with Gasteiger partial charge in [-0.2, -0.15) is 13.2 Å². The zero-order chi connectivity index (χ0) is 18.6. The van der Waals surface area contributed by atoms with Crippen LogP contribution >= 0.6 is 24.6 Å². The van der Waals surface area contributed by atoms with Crippen molar-refractivity contribution in [3.63, 3.8) is 0 Å². The molecule has 1 aromatic heterocycles. The number of carbonyl (C=O) groups excluding carboxylic acids is 1. The van der Waals surface area contributed by atoms with E-state index in [0.717, 1.165) is 0 Å². The Morgan fingerprint density at radius 2 is 2.08 bits per heavy atom. The average molecular weight is 392 g/mol. The molecule has 1 aromatic carbocycles. The van der Waals surface area contributed by atoms with Crippen molar-refractivity contribution in [3.8, 4) is 5.88 Å². The summed E-state index contributed by atoms with van der Waals surface area (Å²) in [6.07, 6.45) is 1.10. The number of thioether (sulfide) groups is 1. The molecular formula is C15H15F3N2O3S2. The lowest BCUT2D eigenvalue weighted by Gasteiger charge is -2.16. The first-order valence-corrected chi connectivity index (χ1v) is 8.33. The van der Waals surface area contributed by atoms with E-state index in [1.165, 1.54) is 34.5 Å². The topological polar surface area (TPSA) is 53.4 Å². The van der Waals surface area contributed by atoms with Crippen LogP contribution < -0.4 is 4.74 Å². The molecule has 0 unspecified atom stereocenters. The second kappa shape index (κ2) is 8.05. The maximum atomic E-state index is 12.8. The molecule has 0 aliphatic heterocycles. The minimum absolute atomic E-state index is 0.0215. The van der Waals surface area contributed by atoms with Crippen LogP contribution in [0.1, 0.15) is 29.8 Å². The first-order chi connectivity index (χ1) is 11.7. The van der Waals surface area contributed by atoms with Crippen molar-refractivity contribution in [3.05, 3.63) is 41.6 Å². The van der Waals surface area contributed by atoms with Crippen LogP contribution in [-0.4, -0.2) is 26.8 Å². The minimum Gasteiger partial charge on any atom is -0.472 e. The molecule has 2 aromatic rings. The van der Waals surface area contributed by atoms with E-state index >= 15 is 0 Å². The summed E-state index contributed by atoms with van der Waals surface area (Å²) in [7, 11) is 0. The molecule has 5 nitrogen and oxygen atoms in total. The number of aromatic nitrogens is 2. The van der Waals surface area contributed by atoms with E-state index in [4.69, 9.17) is 9.47 Å². The molecule has 0 spiro atoms. The van der Waals surface area contributed by atoms with Gasteiger partial charge in [-0.1, -0.05) is 6.07 Å². The number of esters is 1. The van der Waals surface area contributed by atoms with Gasteiger partial charge in [0.05, 0.1) is 11.7 Å². The van der Waals surface area contributed by atoms with Crippen LogP contribution in [0.2, 0.25) is 0 Å². The Hall–Kier alpha value is -1.81. The number of carbonyl (C=O) groups is 1. The summed E-state index contributed by atoms with van der Waals surface area (Å²) in [5.41, 5.74) is -4.39. The van der Waals surface area contributed by atoms with Gasteiger partial charge >= 0.3 is 11.5 Å².